The number of hydrogen-bond donors (Lipinski definition) is 2. The maximum atomic E-state index is 13.2. The fourth-order valence-corrected chi connectivity index (χ4v) is 3.24. The minimum absolute atomic E-state index is 0.149. The van der Waals surface area contributed by atoms with E-state index in [0.717, 1.165) is 12.1 Å². The topological polar surface area (TPSA) is 107 Å². The molecule has 4 aromatic rings. The summed E-state index contributed by atoms with van der Waals surface area (Å²) < 4.78 is 3.28. The first-order valence-electron chi connectivity index (χ1n) is 9.49. The van der Waals surface area contributed by atoms with Gasteiger partial charge < -0.3 is 10.6 Å². The van der Waals surface area contributed by atoms with Crippen molar-refractivity contribution in [2.45, 2.75) is 13.5 Å². The van der Waals surface area contributed by atoms with Crippen LogP contribution in [-0.4, -0.2) is 43.4 Å². The van der Waals surface area contributed by atoms with Gasteiger partial charge >= 0.3 is 0 Å². The lowest BCUT2D eigenvalue weighted by molar-refractivity contribution is 0.0958. The Morgan fingerprint density at radius 3 is 2.67 bits per heavy atom. The summed E-state index contributed by atoms with van der Waals surface area (Å²) in [6.45, 7) is 2.74. The van der Waals surface area contributed by atoms with Crippen LogP contribution < -0.4 is 10.6 Å². The van der Waals surface area contributed by atoms with Crippen LogP contribution in [0.2, 0.25) is 0 Å². The van der Waals surface area contributed by atoms with Gasteiger partial charge in [0, 0.05) is 44.0 Å². The molecule has 2 N–H and O–H groups in total. The maximum Gasteiger partial charge on any atom is 0.273 e. The van der Waals surface area contributed by atoms with E-state index in [1.807, 2.05) is 37.4 Å². The highest BCUT2D eigenvalue weighted by atomic mass is 16.2. The van der Waals surface area contributed by atoms with Crippen molar-refractivity contribution in [1.82, 2.24) is 29.9 Å². The van der Waals surface area contributed by atoms with Gasteiger partial charge in [0.15, 0.2) is 5.69 Å². The molecule has 0 aliphatic heterocycles. The number of anilines is 1. The van der Waals surface area contributed by atoms with Gasteiger partial charge in [0.25, 0.3) is 11.8 Å². The van der Waals surface area contributed by atoms with Crippen LogP contribution in [0.1, 0.15) is 27.8 Å². The lowest BCUT2D eigenvalue weighted by Gasteiger charge is -2.10. The van der Waals surface area contributed by atoms with Crippen molar-refractivity contribution in [3.8, 4) is 11.3 Å². The van der Waals surface area contributed by atoms with E-state index < -0.39 is 0 Å². The largest absolute Gasteiger partial charge is 0.354 e. The zero-order chi connectivity index (χ0) is 21.3. The van der Waals surface area contributed by atoms with Gasteiger partial charge in [-0.2, -0.15) is 10.2 Å². The average Bonchev–Trinajstić information content (AvgIpc) is 3.38. The molecule has 4 rings (SSSR count). The van der Waals surface area contributed by atoms with E-state index in [2.05, 4.69) is 20.8 Å². The molecule has 9 heteroatoms. The number of hydrogen-bond acceptors (Lipinski definition) is 5. The first-order valence-corrected chi connectivity index (χ1v) is 9.49. The van der Waals surface area contributed by atoms with Crippen molar-refractivity contribution in [3.05, 3.63) is 60.2 Å². The average molecular weight is 403 g/mol. The van der Waals surface area contributed by atoms with Crippen molar-refractivity contribution in [3.63, 3.8) is 0 Å². The summed E-state index contributed by atoms with van der Waals surface area (Å²) >= 11 is 0. The molecule has 2 amide bonds. The second-order valence-electron chi connectivity index (χ2n) is 6.76. The van der Waals surface area contributed by atoms with Crippen LogP contribution in [0.5, 0.6) is 0 Å². The summed E-state index contributed by atoms with van der Waals surface area (Å²) in [6.07, 6.45) is 5.22. The quantitative estimate of drug-likeness (QED) is 0.532. The van der Waals surface area contributed by atoms with Gasteiger partial charge in [-0.15, -0.1) is 0 Å². The SMILES string of the molecule is CCn1cc(-c2cc(C(=O)Nc3cn(C)nc3C(=O)NC)c3ccccc3n2)cn1. The number of rotatable bonds is 5. The Hall–Kier alpha value is -4.01. The molecular weight excluding hydrogens is 382 g/mol. The van der Waals surface area contributed by atoms with Crippen molar-refractivity contribution < 1.29 is 9.59 Å². The molecule has 3 aromatic heterocycles. The number of nitrogens with zero attached hydrogens (tertiary/aromatic N) is 5. The van der Waals surface area contributed by atoms with Gasteiger partial charge in [0.05, 0.1) is 28.7 Å². The number of pyridine rings is 1. The number of nitrogens with one attached hydrogen (secondary N) is 2. The minimum atomic E-state index is -0.377. The van der Waals surface area contributed by atoms with Gasteiger partial charge in [-0.3, -0.25) is 19.0 Å². The van der Waals surface area contributed by atoms with Crippen LogP contribution >= 0.6 is 0 Å². The Bertz CT molecular complexity index is 1260. The number of aromatic nitrogens is 5. The predicted octanol–water partition coefficient (Wildman–Crippen LogP) is 2.46. The molecule has 0 spiro atoms. The molecule has 0 bridgehead atoms. The summed E-state index contributed by atoms with van der Waals surface area (Å²) in [5.74, 6) is -0.728. The molecule has 0 fully saturated rings. The zero-order valence-electron chi connectivity index (χ0n) is 16.9. The van der Waals surface area contributed by atoms with Gasteiger partial charge in [-0.1, -0.05) is 18.2 Å². The van der Waals surface area contributed by atoms with Gasteiger partial charge in [-0.25, -0.2) is 4.98 Å². The molecule has 0 saturated heterocycles. The molecular formula is C21H21N7O2. The third-order valence-corrected chi connectivity index (χ3v) is 4.73. The molecule has 152 valence electrons. The number of carbonyl (C=O) groups is 2. The summed E-state index contributed by atoms with van der Waals surface area (Å²) in [5, 5.41) is 14.5. The molecule has 0 unspecified atom stereocenters. The number of aryl methyl sites for hydroxylation is 2. The molecule has 9 nitrogen and oxygen atoms in total. The van der Waals surface area contributed by atoms with Crippen molar-refractivity contribution in [1.29, 1.82) is 0 Å². The van der Waals surface area contributed by atoms with Crippen molar-refractivity contribution in [2.75, 3.05) is 12.4 Å². The monoisotopic (exact) mass is 403 g/mol. The molecule has 0 saturated carbocycles. The molecule has 0 atom stereocenters. The maximum absolute atomic E-state index is 13.2. The zero-order valence-corrected chi connectivity index (χ0v) is 16.9. The van der Waals surface area contributed by atoms with E-state index in [0.29, 0.717) is 27.8 Å². The van der Waals surface area contributed by atoms with E-state index in [4.69, 9.17) is 4.98 Å². The normalized spacial score (nSPS) is 10.9. The Balaban J connectivity index is 1.78. The minimum Gasteiger partial charge on any atom is -0.354 e. The number of carbonyl (C=O) groups excluding carboxylic acids is 2. The third kappa shape index (κ3) is 3.52. The summed E-state index contributed by atoms with van der Waals surface area (Å²) in [4.78, 5) is 30.0. The standard InChI is InChI=1S/C21H21N7O2/c1-4-28-11-13(10-23-28)17-9-15(14-7-5-6-8-16(14)24-17)20(29)25-18-12-27(3)26-19(18)21(30)22-2/h5-12H,4H2,1-3H3,(H,22,30)(H,25,29). The molecule has 1 aromatic carbocycles. The molecule has 3 heterocycles. The van der Waals surface area contributed by atoms with E-state index in [-0.39, 0.29) is 17.5 Å². The highest BCUT2D eigenvalue weighted by molar-refractivity contribution is 6.14. The fourth-order valence-electron chi connectivity index (χ4n) is 3.24. The first-order chi connectivity index (χ1) is 14.5. The Kier molecular flexibility index (Phi) is 5.01. The molecule has 0 aliphatic rings. The van der Waals surface area contributed by atoms with Gasteiger partial charge in [-0.05, 0) is 19.1 Å². The predicted molar refractivity (Wildman–Crippen MR) is 113 cm³/mol. The fraction of sp³-hybridized carbons (Fsp3) is 0.190. The number of para-hydroxylation sites is 1. The van der Waals surface area contributed by atoms with E-state index in [1.165, 1.54) is 11.7 Å². The summed E-state index contributed by atoms with van der Waals surface area (Å²) in [5.41, 5.74) is 3.10. The van der Waals surface area contributed by atoms with Crippen LogP contribution in [0.3, 0.4) is 0 Å². The van der Waals surface area contributed by atoms with Crippen LogP contribution in [0.25, 0.3) is 22.2 Å². The molecule has 0 aliphatic carbocycles. The Labute approximate surface area is 172 Å². The van der Waals surface area contributed by atoms with Crippen LogP contribution in [0.4, 0.5) is 5.69 Å². The number of fused-ring (bicyclic) bond motifs is 1. The van der Waals surface area contributed by atoms with Crippen LogP contribution in [0, 0.1) is 0 Å². The Morgan fingerprint density at radius 2 is 1.93 bits per heavy atom. The lowest BCUT2D eigenvalue weighted by atomic mass is 10.0. The van der Waals surface area contributed by atoms with Crippen LogP contribution in [-0.2, 0) is 13.6 Å². The molecule has 30 heavy (non-hydrogen) atoms. The van der Waals surface area contributed by atoms with E-state index >= 15 is 0 Å². The highest BCUT2D eigenvalue weighted by Gasteiger charge is 2.20. The van der Waals surface area contributed by atoms with Crippen molar-refractivity contribution in [2.24, 2.45) is 7.05 Å². The lowest BCUT2D eigenvalue weighted by Crippen LogP contribution is -2.21. The second-order valence-corrected chi connectivity index (χ2v) is 6.76. The Morgan fingerprint density at radius 1 is 1.13 bits per heavy atom. The number of amides is 2. The highest BCUT2D eigenvalue weighted by Crippen LogP contribution is 2.26. The smallest absolute Gasteiger partial charge is 0.273 e. The van der Waals surface area contributed by atoms with Crippen molar-refractivity contribution >= 4 is 28.4 Å². The van der Waals surface area contributed by atoms with E-state index in [1.54, 1.807) is 30.2 Å². The van der Waals surface area contributed by atoms with E-state index in [9.17, 15) is 9.59 Å². The van der Waals surface area contributed by atoms with Gasteiger partial charge in [0.1, 0.15) is 0 Å². The van der Waals surface area contributed by atoms with Gasteiger partial charge in [0.2, 0.25) is 0 Å². The van der Waals surface area contributed by atoms with Crippen LogP contribution in [0.15, 0.2) is 48.9 Å². The first kappa shape index (κ1) is 19.3. The molecule has 0 radical (unpaired) electrons. The summed E-state index contributed by atoms with van der Waals surface area (Å²) in [7, 11) is 3.20. The second kappa shape index (κ2) is 7.78. The third-order valence-electron chi connectivity index (χ3n) is 4.73. The summed E-state index contributed by atoms with van der Waals surface area (Å²) in [6, 6.07) is 9.18. The number of benzene rings is 1.